The number of aromatic nitrogens is 2. The lowest BCUT2D eigenvalue weighted by molar-refractivity contribution is 0.436. The highest BCUT2D eigenvalue weighted by atomic mass is 15.1. The van der Waals surface area contributed by atoms with Crippen LogP contribution in [0.1, 0.15) is 43.7 Å². The Kier molecular flexibility index (Phi) is 2.95. The van der Waals surface area contributed by atoms with Crippen molar-refractivity contribution < 1.29 is 0 Å². The van der Waals surface area contributed by atoms with Gasteiger partial charge >= 0.3 is 0 Å². The highest BCUT2D eigenvalue weighted by Gasteiger charge is 2.17. The summed E-state index contributed by atoms with van der Waals surface area (Å²) in [4.78, 5) is 0. The first-order valence-corrected chi connectivity index (χ1v) is 6.54. The van der Waals surface area contributed by atoms with Gasteiger partial charge in [0.15, 0.2) is 0 Å². The van der Waals surface area contributed by atoms with Crippen molar-refractivity contribution in [2.45, 2.75) is 38.0 Å². The molecule has 0 atom stereocenters. The topological polar surface area (TPSA) is 28.7 Å². The molecular formula is C15H18N2. The molecule has 1 aliphatic carbocycles. The van der Waals surface area contributed by atoms with Crippen LogP contribution in [0.2, 0.25) is 0 Å². The van der Waals surface area contributed by atoms with Gasteiger partial charge in [-0.15, -0.1) is 0 Å². The van der Waals surface area contributed by atoms with Crippen LogP contribution in [-0.4, -0.2) is 10.2 Å². The van der Waals surface area contributed by atoms with Gasteiger partial charge in [0.05, 0.1) is 5.69 Å². The Hall–Kier alpha value is -1.57. The van der Waals surface area contributed by atoms with Crippen molar-refractivity contribution in [2.75, 3.05) is 0 Å². The zero-order valence-corrected chi connectivity index (χ0v) is 10.0. The van der Waals surface area contributed by atoms with E-state index in [4.69, 9.17) is 0 Å². The van der Waals surface area contributed by atoms with Crippen LogP contribution in [0.15, 0.2) is 36.4 Å². The maximum atomic E-state index is 4.44. The van der Waals surface area contributed by atoms with Crippen molar-refractivity contribution in [3.63, 3.8) is 0 Å². The van der Waals surface area contributed by atoms with Gasteiger partial charge in [0.1, 0.15) is 0 Å². The summed E-state index contributed by atoms with van der Waals surface area (Å²) in [5, 5.41) is 7.66. The second-order valence-electron chi connectivity index (χ2n) is 4.91. The predicted octanol–water partition coefficient (Wildman–Crippen LogP) is 4.12. The van der Waals surface area contributed by atoms with Gasteiger partial charge in [-0.1, -0.05) is 49.6 Å². The van der Waals surface area contributed by atoms with Crippen LogP contribution < -0.4 is 0 Å². The predicted molar refractivity (Wildman–Crippen MR) is 69.8 cm³/mol. The summed E-state index contributed by atoms with van der Waals surface area (Å²) in [6, 6.07) is 12.6. The molecule has 1 saturated carbocycles. The molecule has 0 saturated heterocycles. The molecule has 1 aliphatic rings. The van der Waals surface area contributed by atoms with Gasteiger partial charge in [0.25, 0.3) is 0 Å². The molecule has 1 fully saturated rings. The van der Waals surface area contributed by atoms with Gasteiger partial charge in [0.2, 0.25) is 0 Å². The monoisotopic (exact) mass is 226 g/mol. The van der Waals surface area contributed by atoms with E-state index in [1.165, 1.54) is 43.4 Å². The Morgan fingerprint density at radius 1 is 1.00 bits per heavy atom. The fourth-order valence-corrected chi connectivity index (χ4v) is 2.72. The quantitative estimate of drug-likeness (QED) is 0.819. The van der Waals surface area contributed by atoms with E-state index in [0.717, 1.165) is 5.69 Å². The number of aromatic amines is 1. The van der Waals surface area contributed by atoms with E-state index in [0.29, 0.717) is 5.92 Å². The first-order chi connectivity index (χ1) is 8.43. The molecule has 0 spiro atoms. The lowest BCUT2D eigenvalue weighted by Crippen LogP contribution is -2.04. The van der Waals surface area contributed by atoms with E-state index in [1.807, 2.05) is 6.07 Å². The van der Waals surface area contributed by atoms with Crippen molar-refractivity contribution >= 4 is 0 Å². The average molecular weight is 226 g/mol. The van der Waals surface area contributed by atoms with E-state index in [1.54, 1.807) is 0 Å². The number of nitrogens with zero attached hydrogens (tertiary/aromatic N) is 1. The number of rotatable bonds is 2. The molecule has 2 heteroatoms. The van der Waals surface area contributed by atoms with Crippen LogP contribution in [0.4, 0.5) is 0 Å². The Bertz CT molecular complexity index is 467. The maximum Gasteiger partial charge on any atom is 0.0923 e. The number of H-pyrrole nitrogens is 1. The molecule has 1 N–H and O–H groups in total. The molecule has 1 aromatic heterocycles. The minimum Gasteiger partial charge on any atom is -0.282 e. The summed E-state index contributed by atoms with van der Waals surface area (Å²) in [5.41, 5.74) is 3.60. The van der Waals surface area contributed by atoms with Crippen LogP contribution in [-0.2, 0) is 0 Å². The summed E-state index contributed by atoms with van der Waals surface area (Å²) in [5.74, 6) is 0.703. The standard InChI is InChI=1S/C15H18N2/c1-3-7-12(8-4-1)14-11-15(17-16-14)13-9-5-2-6-10-13/h1,3-4,7-8,11,13H,2,5-6,9-10H2,(H,16,17). The van der Waals surface area contributed by atoms with Crippen LogP contribution in [0, 0.1) is 0 Å². The van der Waals surface area contributed by atoms with Crippen molar-refractivity contribution in [2.24, 2.45) is 0 Å². The largest absolute Gasteiger partial charge is 0.282 e. The van der Waals surface area contributed by atoms with E-state index < -0.39 is 0 Å². The molecule has 17 heavy (non-hydrogen) atoms. The summed E-state index contributed by atoms with van der Waals surface area (Å²) in [7, 11) is 0. The molecule has 0 aliphatic heterocycles. The molecule has 88 valence electrons. The van der Waals surface area contributed by atoms with Gasteiger partial charge in [0, 0.05) is 17.2 Å². The third-order valence-electron chi connectivity index (χ3n) is 3.71. The second-order valence-corrected chi connectivity index (χ2v) is 4.91. The van der Waals surface area contributed by atoms with Gasteiger partial charge in [-0.3, -0.25) is 5.10 Å². The second kappa shape index (κ2) is 4.74. The minimum atomic E-state index is 0.703. The van der Waals surface area contributed by atoms with Gasteiger partial charge in [-0.2, -0.15) is 5.10 Å². The zero-order valence-electron chi connectivity index (χ0n) is 10.0. The zero-order chi connectivity index (χ0) is 11.5. The molecule has 1 heterocycles. The van der Waals surface area contributed by atoms with Crippen molar-refractivity contribution in [3.8, 4) is 11.3 Å². The van der Waals surface area contributed by atoms with Gasteiger partial charge < -0.3 is 0 Å². The SMILES string of the molecule is c1ccc(-c2cc(C3CCCCC3)[nH]n2)cc1. The van der Waals surface area contributed by atoms with E-state index >= 15 is 0 Å². The summed E-state index contributed by atoms with van der Waals surface area (Å²) in [6.07, 6.45) is 6.76. The molecule has 2 nitrogen and oxygen atoms in total. The number of hydrogen-bond donors (Lipinski definition) is 1. The number of nitrogens with one attached hydrogen (secondary N) is 1. The van der Waals surface area contributed by atoms with Crippen molar-refractivity contribution in [3.05, 3.63) is 42.1 Å². The van der Waals surface area contributed by atoms with Crippen LogP contribution >= 0.6 is 0 Å². The maximum absolute atomic E-state index is 4.44. The fourth-order valence-electron chi connectivity index (χ4n) is 2.72. The van der Waals surface area contributed by atoms with Crippen LogP contribution in [0.25, 0.3) is 11.3 Å². The normalized spacial score (nSPS) is 17.2. The third kappa shape index (κ3) is 2.26. The first-order valence-electron chi connectivity index (χ1n) is 6.54. The molecule has 1 aromatic carbocycles. The summed E-state index contributed by atoms with van der Waals surface area (Å²) < 4.78 is 0. The Balaban J connectivity index is 1.83. The molecule has 0 unspecified atom stereocenters. The molecule has 0 bridgehead atoms. The average Bonchev–Trinajstić information content (AvgIpc) is 2.90. The summed E-state index contributed by atoms with van der Waals surface area (Å²) in [6.45, 7) is 0. The van der Waals surface area contributed by atoms with E-state index in [-0.39, 0.29) is 0 Å². The highest BCUT2D eigenvalue weighted by molar-refractivity contribution is 5.59. The van der Waals surface area contributed by atoms with Gasteiger partial charge in [-0.05, 0) is 18.9 Å². The molecule has 2 aromatic rings. The smallest absolute Gasteiger partial charge is 0.0923 e. The van der Waals surface area contributed by atoms with Crippen molar-refractivity contribution in [1.82, 2.24) is 10.2 Å². The Morgan fingerprint density at radius 3 is 2.53 bits per heavy atom. The number of benzene rings is 1. The van der Waals surface area contributed by atoms with E-state index in [9.17, 15) is 0 Å². The summed E-state index contributed by atoms with van der Waals surface area (Å²) >= 11 is 0. The highest BCUT2D eigenvalue weighted by Crippen LogP contribution is 2.32. The van der Waals surface area contributed by atoms with Crippen molar-refractivity contribution in [1.29, 1.82) is 0 Å². The minimum absolute atomic E-state index is 0.703. The van der Waals surface area contributed by atoms with Crippen LogP contribution in [0.3, 0.4) is 0 Å². The molecular weight excluding hydrogens is 208 g/mol. The molecule has 0 amide bonds. The Labute approximate surface area is 102 Å². The molecule has 3 rings (SSSR count). The lowest BCUT2D eigenvalue weighted by atomic mass is 9.87. The van der Waals surface area contributed by atoms with Gasteiger partial charge in [-0.25, -0.2) is 0 Å². The fraction of sp³-hybridized carbons (Fsp3) is 0.400. The Morgan fingerprint density at radius 2 is 1.76 bits per heavy atom. The third-order valence-corrected chi connectivity index (χ3v) is 3.71. The van der Waals surface area contributed by atoms with Crippen LogP contribution in [0.5, 0.6) is 0 Å². The van der Waals surface area contributed by atoms with E-state index in [2.05, 4.69) is 40.5 Å². The number of hydrogen-bond acceptors (Lipinski definition) is 1. The lowest BCUT2D eigenvalue weighted by Gasteiger charge is -2.19. The molecule has 0 radical (unpaired) electrons. The first kappa shape index (κ1) is 10.6.